The molecule has 2 rings (SSSR count). The van der Waals surface area contributed by atoms with Gasteiger partial charge in [0.1, 0.15) is 0 Å². The number of carbonyl (C=O) groups excluding carboxylic acids is 1. The van der Waals surface area contributed by atoms with Gasteiger partial charge in [0.2, 0.25) is 15.9 Å². The summed E-state index contributed by atoms with van der Waals surface area (Å²) in [7, 11) is -3.67. The van der Waals surface area contributed by atoms with Gasteiger partial charge in [-0.2, -0.15) is 0 Å². The highest BCUT2D eigenvalue weighted by Gasteiger charge is 2.18. The van der Waals surface area contributed by atoms with E-state index in [0.29, 0.717) is 5.56 Å². The number of nitrogens with one attached hydrogen (secondary N) is 2. The number of hydrogen-bond acceptors (Lipinski definition) is 4. The van der Waals surface area contributed by atoms with Crippen molar-refractivity contribution < 1.29 is 18.3 Å². The fourth-order valence-electron chi connectivity index (χ4n) is 2.61. The number of sulfonamides is 1. The molecule has 0 bridgehead atoms. The molecule has 2 aromatic rings. The summed E-state index contributed by atoms with van der Waals surface area (Å²) >= 11 is 0. The highest BCUT2D eigenvalue weighted by atomic mass is 32.2. The molecule has 0 saturated carbocycles. The van der Waals surface area contributed by atoms with Crippen LogP contribution in [0.2, 0.25) is 0 Å². The Morgan fingerprint density at radius 2 is 1.64 bits per heavy atom. The molecule has 0 fully saturated rings. The van der Waals surface area contributed by atoms with Crippen LogP contribution in [0, 0.1) is 0 Å². The minimum absolute atomic E-state index is 0.0131. The monoisotopic (exact) mass is 404 g/mol. The Labute approximate surface area is 167 Å². The molecule has 0 aliphatic heterocycles. The maximum absolute atomic E-state index is 12.3. The second kappa shape index (κ2) is 9.32. The molecule has 0 aliphatic rings. The highest BCUT2D eigenvalue weighted by molar-refractivity contribution is 7.89. The molecule has 0 aliphatic carbocycles. The van der Waals surface area contributed by atoms with Gasteiger partial charge in [0.05, 0.1) is 11.0 Å². The van der Waals surface area contributed by atoms with Gasteiger partial charge in [0, 0.05) is 19.5 Å². The van der Waals surface area contributed by atoms with Crippen LogP contribution in [0.25, 0.3) is 0 Å². The summed E-state index contributed by atoms with van der Waals surface area (Å²) in [6.45, 7) is 6.23. The number of aliphatic hydroxyl groups excluding tert-OH is 1. The Hall–Kier alpha value is -2.22. The van der Waals surface area contributed by atoms with Crippen molar-refractivity contribution in [2.75, 3.05) is 13.1 Å². The van der Waals surface area contributed by atoms with E-state index >= 15 is 0 Å². The molecule has 7 heteroatoms. The van der Waals surface area contributed by atoms with Crippen LogP contribution in [-0.4, -0.2) is 32.5 Å². The zero-order valence-electron chi connectivity index (χ0n) is 16.5. The van der Waals surface area contributed by atoms with Crippen LogP contribution in [-0.2, 0) is 20.2 Å². The Bertz CT molecular complexity index is 873. The summed E-state index contributed by atoms with van der Waals surface area (Å²) in [6.07, 6.45) is -0.816. The zero-order valence-corrected chi connectivity index (χ0v) is 17.3. The topological polar surface area (TPSA) is 95.5 Å². The number of rotatable bonds is 8. The van der Waals surface area contributed by atoms with E-state index in [2.05, 4.69) is 30.8 Å². The second-order valence-electron chi connectivity index (χ2n) is 7.65. The number of carbonyl (C=O) groups is 1. The Morgan fingerprint density at radius 1 is 1.04 bits per heavy atom. The Balaban J connectivity index is 1.80. The lowest BCUT2D eigenvalue weighted by Crippen LogP contribution is -2.32. The van der Waals surface area contributed by atoms with E-state index in [1.807, 2.05) is 18.2 Å². The smallest absolute Gasteiger partial charge is 0.240 e. The van der Waals surface area contributed by atoms with Crippen LogP contribution < -0.4 is 10.0 Å². The Morgan fingerprint density at radius 3 is 2.21 bits per heavy atom. The highest BCUT2D eigenvalue weighted by Crippen LogP contribution is 2.23. The third-order valence-corrected chi connectivity index (χ3v) is 5.83. The van der Waals surface area contributed by atoms with Crippen molar-refractivity contribution in [3.63, 3.8) is 0 Å². The van der Waals surface area contributed by atoms with Crippen molar-refractivity contribution in [1.29, 1.82) is 0 Å². The summed E-state index contributed by atoms with van der Waals surface area (Å²) in [5, 5.41) is 12.6. The molecule has 0 aromatic heterocycles. The molecule has 1 unspecified atom stereocenters. The molecule has 28 heavy (non-hydrogen) atoms. The normalized spacial score (nSPS) is 13.1. The average molecular weight is 405 g/mol. The van der Waals surface area contributed by atoms with Gasteiger partial charge in [-0.1, -0.05) is 63.2 Å². The predicted molar refractivity (Wildman–Crippen MR) is 109 cm³/mol. The first-order valence-electron chi connectivity index (χ1n) is 9.19. The van der Waals surface area contributed by atoms with Gasteiger partial charge in [-0.3, -0.25) is 4.79 Å². The number of hydrogen-bond donors (Lipinski definition) is 3. The quantitative estimate of drug-likeness (QED) is 0.630. The van der Waals surface area contributed by atoms with Crippen LogP contribution in [0.3, 0.4) is 0 Å². The minimum Gasteiger partial charge on any atom is -0.387 e. The van der Waals surface area contributed by atoms with E-state index < -0.39 is 16.1 Å². The lowest BCUT2D eigenvalue weighted by Gasteiger charge is -2.19. The molecular weight excluding hydrogens is 376 g/mol. The van der Waals surface area contributed by atoms with Gasteiger partial charge in [0.25, 0.3) is 0 Å². The summed E-state index contributed by atoms with van der Waals surface area (Å²) in [5.41, 5.74) is 1.70. The third kappa shape index (κ3) is 6.44. The van der Waals surface area contributed by atoms with Crippen molar-refractivity contribution in [2.45, 2.75) is 43.6 Å². The zero-order chi connectivity index (χ0) is 20.8. The van der Waals surface area contributed by atoms with E-state index in [-0.39, 0.29) is 35.7 Å². The molecular formula is C21H28N2O4S. The maximum Gasteiger partial charge on any atom is 0.240 e. The van der Waals surface area contributed by atoms with Crippen molar-refractivity contribution in [1.82, 2.24) is 10.0 Å². The SMILES string of the molecule is CC(C)(C)c1ccc(S(=O)(=O)NCCC(=O)NCC(O)c2ccccc2)cc1. The molecule has 152 valence electrons. The first kappa shape index (κ1) is 22.1. The van der Waals surface area contributed by atoms with Crippen molar-refractivity contribution in [3.8, 4) is 0 Å². The van der Waals surface area contributed by atoms with E-state index in [4.69, 9.17) is 0 Å². The lowest BCUT2D eigenvalue weighted by atomic mass is 9.87. The predicted octanol–water partition coefficient (Wildman–Crippen LogP) is 2.50. The van der Waals surface area contributed by atoms with Gasteiger partial charge in [-0.25, -0.2) is 13.1 Å². The maximum atomic E-state index is 12.3. The van der Waals surface area contributed by atoms with Crippen molar-refractivity contribution in [3.05, 3.63) is 65.7 Å². The summed E-state index contributed by atoms with van der Waals surface area (Å²) < 4.78 is 27.1. The first-order valence-corrected chi connectivity index (χ1v) is 10.7. The molecule has 0 radical (unpaired) electrons. The largest absolute Gasteiger partial charge is 0.387 e. The van der Waals surface area contributed by atoms with Gasteiger partial charge in [-0.15, -0.1) is 0 Å². The molecule has 0 heterocycles. The standard InChI is InChI=1S/C21H28N2O4S/c1-21(2,3)17-9-11-18(12-10-17)28(26,27)23-14-13-20(25)22-15-19(24)16-7-5-4-6-8-16/h4-12,19,23-24H,13-15H2,1-3H3,(H,22,25). The first-order chi connectivity index (χ1) is 13.1. The number of aliphatic hydroxyl groups is 1. The van der Waals surface area contributed by atoms with Gasteiger partial charge >= 0.3 is 0 Å². The van der Waals surface area contributed by atoms with E-state index in [9.17, 15) is 18.3 Å². The van der Waals surface area contributed by atoms with Gasteiger partial charge in [0.15, 0.2) is 0 Å². The number of benzene rings is 2. The number of amides is 1. The van der Waals surface area contributed by atoms with Crippen LogP contribution in [0.5, 0.6) is 0 Å². The lowest BCUT2D eigenvalue weighted by molar-refractivity contribution is -0.121. The fourth-order valence-corrected chi connectivity index (χ4v) is 3.64. The van der Waals surface area contributed by atoms with E-state index in [1.165, 1.54) is 0 Å². The summed E-state index contributed by atoms with van der Waals surface area (Å²) in [5.74, 6) is -0.333. The van der Waals surface area contributed by atoms with Crippen LogP contribution in [0.1, 0.15) is 44.4 Å². The fraction of sp³-hybridized carbons (Fsp3) is 0.381. The second-order valence-corrected chi connectivity index (χ2v) is 9.42. The van der Waals surface area contributed by atoms with E-state index in [1.54, 1.807) is 36.4 Å². The van der Waals surface area contributed by atoms with Gasteiger partial charge < -0.3 is 10.4 Å². The average Bonchev–Trinajstić information content (AvgIpc) is 2.66. The van der Waals surface area contributed by atoms with Crippen LogP contribution in [0.4, 0.5) is 0 Å². The van der Waals surface area contributed by atoms with Crippen molar-refractivity contribution >= 4 is 15.9 Å². The molecule has 2 aromatic carbocycles. The van der Waals surface area contributed by atoms with E-state index in [0.717, 1.165) is 5.56 Å². The molecule has 0 spiro atoms. The third-order valence-electron chi connectivity index (χ3n) is 4.35. The minimum atomic E-state index is -3.67. The molecule has 1 amide bonds. The van der Waals surface area contributed by atoms with Crippen LogP contribution >= 0.6 is 0 Å². The van der Waals surface area contributed by atoms with Gasteiger partial charge in [-0.05, 0) is 28.7 Å². The van der Waals surface area contributed by atoms with Crippen LogP contribution in [0.15, 0.2) is 59.5 Å². The Kier molecular flexibility index (Phi) is 7.35. The molecule has 3 N–H and O–H groups in total. The van der Waals surface area contributed by atoms with Crippen molar-refractivity contribution in [2.24, 2.45) is 0 Å². The summed E-state index contributed by atoms with van der Waals surface area (Å²) in [6, 6.07) is 15.7. The summed E-state index contributed by atoms with van der Waals surface area (Å²) in [4.78, 5) is 12.1. The molecule has 0 saturated heterocycles. The molecule has 6 nitrogen and oxygen atoms in total. The molecule has 1 atom stereocenters.